The first-order chi connectivity index (χ1) is 9.06. The van der Waals surface area contributed by atoms with Gasteiger partial charge in [-0.2, -0.15) is 13.2 Å². The lowest BCUT2D eigenvalue weighted by Gasteiger charge is -2.10. The van der Waals surface area contributed by atoms with Gasteiger partial charge in [-0.15, -0.1) is 0 Å². The molecular weight excluding hydrogens is 319 g/mol. The molecule has 0 atom stereocenters. The maximum atomic E-state index is 12.2. The van der Waals surface area contributed by atoms with Crippen LogP contribution in [0.1, 0.15) is 19.3 Å². The lowest BCUT2D eigenvalue weighted by atomic mass is 10.2. The molecule has 5 nitrogen and oxygen atoms in total. The number of sulfonamides is 2. The second-order valence-corrected chi connectivity index (χ2v) is 7.48. The minimum Gasteiger partial charge on any atom is -0.206 e. The van der Waals surface area contributed by atoms with Crippen LogP contribution in [0, 0.1) is 0 Å². The number of hydrogen-bond donors (Lipinski definition) is 1. The van der Waals surface area contributed by atoms with Gasteiger partial charge >= 0.3 is 15.5 Å². The molecule has 0 aromatic heterocycles. The number of rotatable bonds is 3. The Kier molecular flexibility index (Phi) is 5.16. The molecule has 114 valence electrons. The van der Waals surface area contributed by atoms with Crippen LogP contribution in [-0.2, 0) is 20.0 Å². The van der Waals surface area contributed by atoms with Gasteiger partial charge in [-0.05, 0) is 25.3 Å². The van der Waals surface area contributed by atoms with E-state index in [0.29, 0.717) is 23.4 Å². The monoisotopic (exact) mass is 331 g/mol. The lowest BCUT2D eigenvalue weighted by Crippen LogP contribution is -2.40. The third-order valence-electron chi connectivity index (χ3n) is 2.26. The molecule has 0 saturated heterocycles. The normalized spacial score (nSPS) is 23.9. The summed E-state index contributed by atoms with van der Waals surface area (Å²) in [6, 6.07) is 0. The van der Waals surface area contributed by atoms with Crippen LogP contribution in [0.3, 0.4) is 0 Å². The van der Waals surface area contributed by atoms with Crippen molar-refractivity contribution in [3.8, 4) is 0 Å². The Balaban J connectivity index is 3.10. The van der Waals surface area contributed by atoms with E-state index in [1.165, 1.54) is 18.2 Å². The van der Waals surface area contributed by atoms with Gasteiger partial charge in [-0.3, -0.25) is 0 Å². The predicted octanol–water partition coefficient (Wildman–Crippen LogP) is 1.94. The molecule has 0 bridgehead atoms. The van der Waals surface area contributed by atoms with Gasteiger partial charge in [-0.1, -0.05) is 28.4 Å². The van der Waals surface area contributed by atoms with Crippen molar-refractivity contribution in [2.24, 2.45) is 0 Å². The zero-order valence-corrected chi connectivity index (χ0v) is 11.7. The molecule has 1 aliphatic rings. The van der Waals surface area contributed by atoms with E-state index < -0.39 is 30.5 Å². The van der Waals surface area contributed by atoms with Crippen molar-refractivity contribution in [3.05, 3.63) is 35.3 Å². The molecule has 0 heterocycles. The first kappa shape index (κ1) is 16.9. The molecule has 10 heteroatoms. The second kappa shape index (κ2) is 6.10. The fourth-order valence-corrected chi connectivity index (χ4v) is 3.83. The standard InChI is InChI=1S/C10H12F3NO4S2/c11-10(12,13)20(17,18)14-19(15,16)9-7-5-3-1-2-4-6-8-9/h1,3,5,7-8,14H,2,4,6H2/b3-1+,7-5-,9-8+. The molecular formula is C10H12F3NO4S2. The van der Waals surface area contributed by atoms with Gasteiger partial charge in [-0.25, -0.2) is 16.8 Å². The minimum atomic E-state index is -5.97. The zero-order valence-electron chi connectivity index (χ0n) is 10.1. The molecule has 0 unspecified atom stereocenters. The molecule has 0 aliphatic heterocycles. The minimum absolute atomic E-state index is 0.303. The van der Waals surface area contributed by atoms with Crippen molar-refractivity contribution >= 4 is 20.0 Å². The second-order valence-electron chi connectivity index (χ2n) is 3.86. The maximum Gasteiger partial charge on any atom is 0.512 e. The largest absolute Gasteiger partial charge is 0.512 e. The van der Waals surface area contributed by atoms with E-state index in [1.807, 2.05) is 0 Å². The van der Waals surface area contributed by atoms with E-state index in [2.05, 4.69) is 0 Å². The van der Waals surface area contributed by atoms with Crippen LogP contribution in [0.25, 0.3) is 0 Å². The van der Waals surface area contributed by atoms with Crippen molar-refractivity contribution in [2.45, 2.75) is 24.8 Å². The highest BCUT2D eigenvalue weighted by atomic mass is 32.3. The van der Waals surface area contributed by atoms with E-state index in [-0.39, 0.29) is 0 Å². The molecule has 0 saturated carbocycles. The Labute approximate surface area is 115 Å². The summed E-state index contributed by atoms with van der Waals surface area (Å²) >= 11 is 0. The third-order valence-corrected chi connectivity index (χ3v) is 5.55. The van der Waals surface area contributed by atoms with Crippen molar-refractivity contribution in [2.75, 3.05) is 0 Å². The van der Waals surface area contributed by atoms with Crippen molar-refractivity contribution in [1.29, 1.82) is 0 Å². The Morgan fingerprint density at radius 3 is 2.30 bits per heavy atom. The molecule has 0 aromatic carbocycles. The maximum absolute atomic E-state index is 12.2. The van der Waals surface area contributed by atoms with E-state index in [9.17, 15) is 30.0 Å². The Bertz CT molecular complexity index is 642. The predicted molar refractivity (Wildman–Crippen MR) is 67.2 cm³/mol. The number of nitrogens with one attached hydrogen (secondary N) is 1. The summed E-state index contributed by atoms with van der Waals surface area (Å²) in [6.07, 6.45) is 8.42. The number of allylic oxidation sites excluding steroid dienone is 5. The van der Waals surface area contributed by atoms with Crippen LogP contribution in [0.4, 0.5) is 13.2 Å². The van der Waals surface area contributed by atoms with E-state index in [4.69, 9.17) is 0 Å². The van der Waals surface area contributed by atoms with Gasteiger partial charge in [0.25, 0.3) is 10.0 Å². The average Bonchev–Trinajstić information content (AvgIpc) is 2.38. The first-order valence-corrected chi connectivity index (χ1v) is 8.41. The fraction of sp³-hybridized carbons (Fsp3) is 0.400. The molecule has 1 rings (SSSR count). The summed E-state index contributed by atoms with van der Waals surface area (Å²) in [5, 5.41) is 0. The van der Waals surface area contributed by atoms with Gasteiger partial charge in [0.1, 0.15) is 0 Å². The van der Waals surface area contributed by atoms with E-state index >= 15 is 0 Å². The molecule has 0 radical (unpaired) electrons. The van der Waals surface area contributed by atoms with Gasteiger partial charge in [0.15, 0.2) is 0 Å². The number of hydrogen-bond acceptors (Lipinski definition) is 4. The summed E-state index contributed by atoms with van der Waals surface area (Å²) in [5.41, 5.74) is -5.69. The Morgan fingerprint density at radius 1 is 1.05 bits per heavy atom. The van der Waals surface area contributed by atoms with Crippen LogP contribution in [0.15, 0.2) is 35.3 Å². The molecule has 1 N–H and O–H groups in total. The van der Waals surface area contributed by atoms with Gasteiger partial charge in [0, 0.05) is 0 Å². The van der Waals surface area contributed by atoms with Crippen LogP contribution in [-0.4, -0.2) is 22.3 Å². The summed E-state index contributed by atoms with van der Waals surface area (Å²) < 4.78 is 82.3. The summed E-state index contributed by atoms with van der Waals surface area (Å²) in [4.78, 5) is -0.517. The summed E-state index contributed by atoms with van der Waals surface area (Å²) in [7, 11) is -10.8. The zero-order chi connectivity index (χ0) is 15.4. The molecule has 0 fully saturated rings. The van der Waals surface area contributed by atoms with Crippen molar-refractivity contribution < 1.29 is 30.0 Å². The topological polar surface area (TPSA) is 80.3 Å². The molecule has 0 aromatic rings. The average molecular weight is 331 g/mol. The Hall–Kier alpha value is -1.13. The van der Waals surface area contributed by atoms with Gasteiger partial charge in [0.05, 0.1) is 4.91 Å². The van der Waals surface area contributed by atoms with Crippen LogP contribution < -0.4 is 4.13 Å². The van der Waals surface area contributed by atoms with Gasteiger partial charge < -0.3 is 0 Å². The smallest absolute Gasteiger partial charge is 0.206 e. The SMILES string of the molecule is O=S(=O)(NS(=O)(=O)C(F)(F)F)C1=C/CCC/C=C/C=C\1. The highest BCUT2D eigenvalue weighted by molar-refractivity contribution is 8.07. The van der Waals surface area contributed by atoms with Crippen molar-refractivity contribution in [1.82, 2.24) is 4.13 Å². The van der Waals surface area contributed by atoms with Crippen molar-refractivity contribution in [3.63, 3.8) is 0 Å². The third kappa shape index (κ3) is 4.46. The molecule has 1 aliphatic carbocycles. The molecule has 20 heavy (non-hydrogen) atoms. The quantitative estimate of drug-likeness (QED) is 0.857. The molecule has 0 amide bonds. The van der Waals surface area contributed by atoms with E-state index in [0.717, 1.165) is 6.08 Å². The first-order valence-electron chi connectivity index (χ1n) is 5.44. The van der Waals surface area contributed by atoms with Crippen LogP contribution >= 0.6 is 0 Å². The van der Waals surface area contributed by atoms with Gasteiger partial charge in [0.2, 0.25) is 0 Å². The number of halogens is 3. The highest BCUT2D eigenvalue weighted by Gasteiger charge is 2.48. The molecule has 0 spiro atoms. The highest BCUT2D eigenvalue weighted by Crippen LogP contribution is 2.24. The fourth-order valence-electron chi connectivity index (χ4n) is 1.31. The van der Waals surface area contributed by atoms with E-state index in [1.54, 1.807) is 6.08 Å². The van der Waals surface area contributed by atoms with Crippen LogP contribution in [0.5, 0.6) is 0 Å². The Morgan fingerprint density at radius 2 is 1.70 bits per heavy atom. The number of alkyl halides is 3. The summed E-state index contributed by atoms with van der Waals surface area (Å²) in [5.74, 6) is 0. The lowest BCUT2D eigenvalue weighted by molar-refractivity contribution is -0.0441. The van der Waals surface area contributed by atoms with Crippen LogP contribution in [0.2, 0.25) is 0 Å². The summed E-state index contributed by atoms with van der Waals surface area (Å²) in [6.45, 7) is 0.